The molecule has 1 unspecified atom stereocenters. The van der Waals surface area contributed by atoms with Crippen molar-refractivity contribution in [2.24, 2.45) is 4.99 Å². The van der Waals surface area contributed by atoms with Crippen LogP contribution in [0.4, 0.5) is 5.69 Å². The maximum absolute atomic E-state index is 8.36. The minimum Gasteiger partial charge on any atom is -0.497 e. The van der Waals surface area contributed by atoms with Crippen LogP contribution in [0.25, 0.3) is 0 Å². The van der Waals surface area contributed by atoms with Crippen molar-refractivity contribution in [2.75, 3.05) is 18.6 Å². The van der Waals surface area contributed by atoms with Crippen LogP contribution in [0.1, 0.15) is 49.8 Å². The van der Waals surface area contributed by atoms with Crippen LogP contribution in [0.3, 0.4) is 0 Å². The van der Waals surface area contributed by atoms with Gasteiger partial charge in [-0.15, -0.1) is 0 Å². The Morgan fingerprint density at radius 1 is 1.22 bits per heavy atom. The molecule has 0 bridgehead atoms. The average Bonchev–Trinajstić information content (AvgIpc) is 2.82. The Labute approximate surface area is 160 Å². The van der Waals surface area contributed by atoms with Crippen LogP contribution in [0, 0.1) is 10.8 Å². The maximum Gasteiger partial charge on any atom is 0.128 e. The van der Waals surface area contributed by atoms with Crippen LogP contribution in [-0.2, 0) is 0 Å². The smallest absolute Gasteiger partial charge is 0.128 e. The van der Waals surface area contributed by atoms with Gasteiger partial charge in [-0.1, -0.05) is 38.1 Å². The molecular weight excluding hydrogens is 336 g/mol. The number of rotatable bonds is 4. The van der Waals surface area contributed by atoms with Crippen LogP contribution in [-0.4, -0.2) is 31.0 Å². The van der Waals surface area contributed by atoms with Crippen molar-refractivity contribution in [1.82, 2.24) is 0 Å². The van der Waals surface area contributed by atoms with Crippen molar-refractivity contribution in [2.45, 2.75) is 33.1 Å². The fourth-order valence-electron chi connectivity index (χ4n) is 3.32. The molecule has 0 fully saturated rings. The van der Waals surface area contributed by atoms with E-state index in [1.165, 1.54) is 5.56 Å². The summed E-state index contributed by atoms with van der Waals surface area (Å²) in [4.78, 5) is 6.35. The SMILES string of the molecule is CCC(C)c1ccc(C2=NCC(=N)N(C(C)=N)c3ccc(OC)cc32)cc1. The van der Waals surface area contributed by atoms with Gasteiger partial charge in [-0.05, 0) is 43.0 Å². The normalized spacial score (nSPS) is 14.9. The van der Waals surface area contributed by atoms with Crippen LogP contribution in [0.5, 0.6) is 5.75 Å². The van der Waals surface area contributed by atoms with E-state index in [2.05, 4.69) is 38.1 Å². The first-order valence-electron chi connectivity index (χ1n) is 9.22. The molecule has 0 aromatic heterocycles. The molecule has 0 amide bonds. The minimum absolute atomic E-state index is 0.232. The van der Waals surface area contributed by atoms with Crippen LogP contribution >= 0.6 is 0 Å². The molecule has 0 aliphatic carbocycles. The third kappa shape index (κ3) is 3.63. The summed E-state index contributed by atoms with van der Waals surface area (Å²) in [5.41, 5.74) is 4.81. The van der Waals surface area contributed by atoms with E-state index in [1.807, 2.05) is 18.2 Å². The highest BCUT2D eigenvalue weighted by atomic mass is 16.5. The van der Waals surface area contributed by atoms with Gasteiger partial charge < -0.3 is 4.74 Å². The van der Waals surface area contributed by atoms with E-state index in [4.69, 9.17) is 20.5 Å². The molecule has 0 saturated carbocycles. The van der Waals surface area contributed by atoms with E-state index in [9.17, 15) is 0 Å². The Bertz CT molecular complexity index is 899. The van der Waals surface area contributed by atoms with Gasteiger partial charge in [0.05, 0.1) is 25.1 Å². The van der Waals surface area contributed by atoms with Crippen molar-refractivity contribution in [3.8, 4) is 5.75 Å². The maximum atomic E-state index is 8.36. The zero-order chi connectivity index (χ0) is 19.6. The van der Waals surface area contributed by atoms with Gasteiger partial charge >= 0.3 is 0 Å². The fourth-order valence-corrected chi connectivity index (χ4v) is 3.32. The number of fused-ring (bicyclic) bond motifs is 1. The molecule has 140 valence electrons. The quantitative estimate of drug-likeness (QED) is 0.603. The van der Waals surface area contributed by atoms with Crippen LogP contribution in [0.2, 0.25) is 0 Å². The van der Waals surface area contributed by atoms with Crippen LogP contribution in [0.15, 0.2) is 47.5 Å². The standard InChI is InChI=1S/C22H26N4O/c1-5-14(2)16-6-8-17(9-7-16)22-19-12-18(27-4)10-11-20(19)26(15(3)23)21(24)13-25-22/h6-12,14,23-24H,5,13H2,1-4H3. The van der Waals surface area contributed by atoms with Crippen molar-refractivity contribution in [3.05, 3.63) is 59.2 Å². The molecule has 2 aromatic carbocycles. The minimum atomic E-state index is 0.232. The van der Waals surface area contributed by atoms with Crippen molar-refractivity contribution < 1.29 is 4.74 Å². The predicted molar refractivity (Wildman–Crippen MR) is 112 cm³/mol. The Morgan fingerprint density at radius 2 is 1.93 bits per heavy atom. The lowest BCUT2D eigenvalue weighted by Gasteiger charge is -2.24. The summed E-state index contributed by atoms with van der Waals surface area (Å²) in [7, 11) is 1.64. The van der Waals surface area contributed by atoms with Gasteiger partial charge in [0.2, 0.25) is 0 Å². The Kier molecular flexibility index (Phi) is 5.40. The molecule has 1 heterocycles. The topological polar surface area (TPSA) is 72.5 Å². The third-order valence-electron chi connectivity index (χ3n) is 5.06. The molecule has 2 aromatic rings. The first-order chi connectivity index (χ1) is 13.0. The number of aliphatic imine (C=N–C) groups is 1. The van der Waals surface area contributed by atoms with E-state index in [0.717, 1.165) is 34.7 Å². The van der Waals surface area contributed by atoms with Gasteiger partial charge in [0.15, 0.2) is 0 Å². The molecule has 27 heavy (non-hydrogen) atoms. The van der Waals surface area contributed by atoms with Crippen molar-refractivity contribution >= 4 is 23.1 Å². The first-order valence-corrected chi connectivity index (χ1v) is 9.22. The van der Waals surface area contributed by atoms with E-state index < -0.39 is 0 Å². The van der Waals surface area contributed by atoms with E-state index in [-0.39, 0.29) is 6.54 Å². The molecule has 0 saturated heterocycles. The molecular formula is C22H26N4O. The second kappa shape index (κ2) is 7.74. The van der Waals surface area contributed by atoms with Gasteiger partial charge in [0, 0.05) is 11.1 Å². The van der Waals surface area contributed by atoms with Crippen LogP contribution < -0.4 is 9.64 Å². The number of nitrogens with one attached hydrogen (secondary N) is 2. The molecule has 1 aliphatic heterocycles. The highest BCUT2D eigenvalue weighted by Crippen LogP contribution is 2.31. The second-order valence-corrected chi connectivity index (χ2v) is 6.85. The molecule has 1 atom stereocenters. The summed E-state index contributed by atoms with van der Waals surface area (Å²) < 4.78 is 5.41. The zero-order valence-electron chi connectivity index (χ0n) is 16.3. The first kappa shape index (κ1) is 18.8. The van der Waals surface area contributed by atoms with E-state index in [1.54, 1.807) is 18.9 Å². The Balaban J connectivity index is 2.13. The molecule has 2 N–H and O–H groups in total. The number of hydrogen-bond donors (Lipinski definition) is 2. The number of methoxy groups -OCH3 is 1. The lowest BCUT2D eigenvalue weighted by atomic mass is 9.94. The number of hydrogen-bond acceptors (Lipinski definition) is 4. The highest BCUT2D eigenvalue weighted by molar-refractivity contribution is 6.25. The van der Waals surface area contributed by atoms with Crippen molar-refractivity contribution in [3.63, 3.8) is 0 Å². The summed E-state index contributed by atoms with van der Waals surface area (Å²) in [6.07, 6.45) is 1.10. The summed E-state index contributed by atoms with van der Waals surface area (Å²) in [6.45, 7) is 6.34. The fraction of sp³-hybridized carbons (Fsp3) is 0.318. The van der Waals surface area contributed by atoms with E-state index >= 15 is 0 Å². The van der Waals surface area contributed by atoms with Crippen molar-refractivity contribution in [1.29, 1.82) is 10.8 Å². The molecule has 3 rings (SSSR count). The van der Waals surface area contributed by atoms with Gasteiger partial charge in [0.1, 0.15) is 17.4 Å². The second-order valence-electron chi connectivity index (χ2n) is 6.85. The highest BCUT2D eigenvalue weighted by Gasteiger charge is 2.25. The molecule has 5 heteroatoms. The molecule has 0 radical (unpaired) electrons. The summed E-state index contributed by atoms with van der Waals surface area (Å²) in [5.74, 6) is 1.84. The number of nitrogens with zero attached hydrogens (tertiary/aromatic N) is 2. The number of benzodiazepines with no additional fused rings is 1. The van der Waals surface area contributed by atoms with Gasteiger partial charge in [-0.2, -0.15) is 0 Å². The number of ether oxygens (including phenoxy) is 1. The van der Waals surface area contributed by atoms with Gasteiger partial charge in [-0.25, -0.2) is 0 Å². The summed E-state index contributed by atoms with van der Waals surface area (Å²) >= 11 is 0. The molecule has 5 nitrogen and oxygen atoms in total. The van der Waals surface area contributed by atoms with Gasteiger partial charge in [-0.3, -0.25) is 20.7 Å². The largest absolute Gasteiger partial charge is 0.497 e. The monoisotopic (exact) mass is 362 g/mol. The number of anilines is 1. The lowest BCUT2D eigenvalue weighted by molar-refractivity contribution is 0.415. The third-order valence-corrected chi connectivity index (χ3v) is 5.06. The Hall–Kier alpha value is -2.95. The number of amidine groups is 2. The molecule has 0 spiro atoms. The lowest BCUT2D eigenvalue weighted by Crippen LogP contribution is -2.35. The average molecular weight is 362 g/mol. The van der Waals surface area contributed by atoms with Gasteiger partial charge in [0.25, 0.3) is 0 Å². The summed E-state index contributed by atoms with van der Waals surface area (Å²) in [6, 6.07) is 14.2. The summed E-state index contributed by atoms with van der Waals surface area (Å²) in [5, 5.41) is 16.5. The molecule has 1 aliphatic rings. The van der Waals surface area contributed by atoms with E-state index in [0.29, 0.717) is 17.6 Å². The zero-order valence-corrected chi connectivity index (χ0v) is 16.3. The Morgan fingerprint density at radius 3 is 2.52 bits per heavy atom. The predicted octanol–water partition coefficient (Wildman–Crippen LogP) is 4.84. The number of benzene rings is 2.